The fourth-order valence-corrected chi connectivity index (χ4v) is 4.46. The third kappa shape index (κ3) is 3.98. The van der Waals surface area contributed by atoms with Crippen LogP contribution in [0.5, 0.6) is 0 Å². The predicted molar refractivity (Wildman–Crippen MR) is 87.3 cm³/mol. The van der Waals surface area contributed by atoms with Gasteiger partial charge in [-0.15, -0.1) is 0 Å². The minimum Gasteiger partial charge on any atom is -0.398 e. The van der Waals surface area contributed by atoms with Crippen LogP contribution in [0.15, 0.2) is 24.3 Å². The van der Waals surface area contributed by atoms with Gasteiger partial charge in [0.2, 0.25) is 10.0 Å². The van der Waals surface area contributed by atoms with Crippen LogP contribution in [-0.4, -0.2) is 25.8 Å². The Hall–Kier alpha value is -1.07. The molecule has 21 heavy (non-hydrogen) atoms. The van der Waals surface area contributed by atoms with Gasteiger partial charge >= 0.3 is 0 Å². The summed E-state index contributed by atoms with van der Waals surface area (Å²) in [5.41, 5.74) is 7.42. The summed E-state index contributed by atoms with van der Waals surface area (Å²) in [4.78, 5) is 0. The number of nitrogens with two attached hydrogens (primary N) is 1. The SMILES string of the molecule is CN(C1CCC(C)(C)CC1)S(=O)(=O)Cc1ccccc1N. The van der Waals surface area contributed by atoms with Crippen molar-refractivity contribution in [1.82, 2.24) is 4.31 Å². The molecular formula is C16H26N2O2S. The molecule has 1 fully saturated rings. The number of benzene rings is 1. The van der Waals surface area contributed by atoms with Gasteiger partial charge in [0.15, 0.2) is 0 Å². The fourth-order valence-electron chi connectivity index (χ4n) is 2.94. The monoisotopic (exact) mass is 310 g/mol. The van der Waals surface area contributed by atoms with Crippen LogP contribution in [0.3, 0.4) is 0 Å². The molecule has 0 bridgehead atoms. The van der Waals surface area contributed by atoms with Gasteiger partial charge in [0.05, 0.1) is 5.75 Å². The van der Waals surface area contributed by atoms with E-state index in [1.54, 1.807) is 23.5 Å². The Kier molecular flexibility index (Phi) is 4.63. The summed E-state index contributed by atoms with van der Waals surface area (Å²) >= 11 is 0. The highest BCUT2D eigenvalue weighted by Gasteiger charge is 2.33. The third-order valence-corrected chi connectivity index (χ3v) is 6.51. The second kappa shape index (κ2) is 5.97. The highest BCUT2D eigenvalue weighted by molar-refractivity contribution is 7.88. The smallest absolute Gasteiger partial charge is 0.218 e. The molecule has 2 rings (SSSR count). The molecule has 1 saturated carbocycles. The van der Waals surface area contributed by atoms with Crippen LogP contribution in [-0.2, 0) is 15.8 Å². The number of para-hydroxylation sites is 1. The van der Waals surface area contributed by atoms with Gasteiger partial charge in [-0.2, -0.15) is 0 Å². The first-order valence-corrected chi connectivity index (χ1v) is 9.11. The number of sulfonamides is 1. The number of nitrogens with zero attached hydrogens (tertiary/aromatic N) is 1. The minimum atomic E-state index is -3.32. The van der Waals surface area contributed by atoms with E-state index >= 15 is 0 Å². The normalized spacial score (nSPS) is 19.8. The van der Waals surface area contributed by atoms with E-state index in [2.05, 4.69) is 13.8 Å². The number of nitrogen functional groups attached to an aromatic ring is 1. The molecule has 0 saturated heterocycles. The van der Waals surface area contributed by atoms with E-state index in [0.29, 0.717) is 16.7 Å². The maximum Gasteiger partial charge on any atom is 0.218 e. The van der Waals surface area contributed by atoms with E-state index in [1.165, 1.54) is 0 Å². The lowest BCUT2D eigenvalue weighted by molar-refractivity contribution is 0.174. The molecule has 1 aliphatic rings. The molecule has 5 heteroatoms. The zero-order valence-electron chi connectivity index (χ0n) is 13.2. The number of rotatable bonds is 4. The predicted octanol–water partition coefficient (Wildman–Crippen LogP) is 3.00. The molecular weight excluding hydrogens is 284 g/mol. The summed E-state index contributed by atoms with van der Waals surface area (Å²) in [6.07, 6.45) is 4.02. The van der Waals surface area contributed by atoms with Crippen LogP contribution >= 0.6 is 0 Å². The van der Waals surface area contributed by atoms with Gasteiger partial charge in [-0.25, -0.2) is 12.7 Å². The average molecular weight is 310 g/mol. The van der Waals surface area contributed by atoms with Gasteiger partial charge in [0.25, 0.3) is 0 Å². The molecule has 0 aliphatic heterocycles. The van der Waals surface area contributed by atoms with Crippen molar-refractivity contribution in [2.24, 2.45) is 5.41 Å². The van der Waals surface area contributed by atoms with Crippen molar-refractivity contribution in [1.29, 1.82) is 0 Å². The Morgan fingerprint density at radius 2 is 1.81 bits per heavy atom. The summed E-state index contributed by atoms with van der Waals surface area (Å²) in [5.74, 6) is -0.0178. The number of hydrogen-bond acceptors (Lipinski definition) is 3. The van der Waals surface area contributed by atoms with E-state index in [1.807, 2.05) is 12.1 Å². The molecule has 0 spiro atoms. The van der Waals surface area contributed by atoms with Crippen molar-refractivity contribution in [3.8, 4) is 0 Å². The lowest BCUT2D eigenvalue weighted by atomic mass is 9.76. The van der Waals surface area contributed by atoms with Crippen molar-refractivity contribution < 1.29 is 8.42 Å². The molecule has 0 aromatic heterocycles. The summed E-state index contributed by atoms with van der Waals surface area (Å²) in [7, 11) is -1.61. The summed E-state index contributed by atoms with van der Waals surface area (Å²) in [6.45, 7) is 4.50. The highest BCUT2D eigenvalue weighted by atomic mass is 32.2. The van der Waals surface area contributed by atoms with Gasteiger partial charge in [0, 0.05) is 18.8 Å². The summed E-state index contributed by atoms with van der Waals surface area (Å²) in [5, 5.41) is 0. The molecule has 118 valence electrons. The van der Waals surface area contributed by atoms with Crippen molar-refractivity contribution >= 4 is 15.7 Å². The van der Waals surface area contributed by atoms with Crippen molar-refractivity contribution in [2.75, 3.05) is 12.8 Å². The lowest BCUT2D eigenvalue weighted by Crippen LogP contribution is -2.41. The molecule has 0 heterocycles. The Morgan fingerprint density at radius 3 is 2.38 bits per heavy atom. The van der Waals surface area contributed by atoms with Crippen LogP contribution in [0.4, 0.5) is 5.69 Å². The maximum absolute atomic E-state index is 12.6. The van der Waals surface area contributed by atoms with Gasteiger partial charge in [0.1, 0.15) is 0 Å². The zero-order valence-corrected chi connectivity index (χ0v) is 14.0. The van der Waals surface area contributed by atoms with E-state index in [4.69, 9.17) is 5.73 Å². The number of hydrogen-bond donors (Lipinski definition) is 1. The quantitative estimate of drug-likeness (QED) is 0.870. The second-order valence-electron chi connectivity index (χ2n) is 6.87. The van der Waals surface area contributed by atoms with Crippen LogP contribution in [0.25, 0.3) is 0 Å². The van der Waals surface area contributed by atoms with E-state index in [0.717, 1.165) is 25.7 Å². The topological polar surface area (TPSA) is 63.4 Å². The molecule has 1 aromatic rings. The van der Waals surface area contributed by atoms with Crippen LogP contribution in [0, 0.1) is 5.41 Å². The van der Waals surface area contributed by atoms with Crippen molar-refractivity contribution in [3.63, 3.8) is 0 Å². The fraction of sp³-hybridized carbons (Fsp3) is 0.625. The molecule has 4 nitrogen and oxygen atoms in total. The van der Waals surface area contributed by atoms with Gasteiger partial charge in [-0.3, -0.25) is 0 Å². The minimum absolute atomic E-state index is 0.0178. The van der Waals surface area contributed by atoms with Gasteiger partial charge in [-0.05, 0) is 42.7 Å². The maximum atomic E-state index is 12.6. The average Bonchev–Trinajstić information content (AvgIpc) is 2.40. The Morgan fingerprint density at radius 1 is 1.24 bits per heavy atom. The zero-order chi connectivity index (χ0) is 15.7. The third-order valence-electron chi connectivity index (χ3n) is 4.65. The second-order valence-corrected chi connectivity index (χ2v) is 8.90. The van der Waals surface area contributed by atoms with Crippen molar-refractivity contribution in [2.45, 2.75) is 51.3 Å². The van der Waals surface area contributed by atoms with Crippen LogP contribution in [0.2, 0.25) is 0 Å². The molecule has 1 aromatic carbocycles. The first-order valence-electron chi connectivity index (χ1n) is 7.50. The molecule has 0 atom stereocenters. The molecule has 1 aliphatic carbocycles. The van der Waals surface area contributed by atoms with Crippen molar-refractivity contribution in [3.05, 3.63) is 29.8 Å². The van der Waals surface area contributed by atoms with E-state index in [-0.39, 0.29) is 11.8 Å². The lowest BCUT2D eigenvalue weighted by Gasteiger charge is -2.38. The van der Waals surface area contributed by atoms with E-state index < -0.39 is 10.0 Å². The first kappa shape index (κ1) is 16.3. The largest absolute Gasteiger partial charge is 0.398 e. The standard InChI is InChI=1S/C16H26N2O2S/c1-16(2)10-8-14(9-11-16)18(3)21(19,20)12-13-6-4-5-7-15(13)17/h4-7,14H,8-12,17H2,1-3H3. The van der Waals surface area contributed by atoms with Crippen LogP contribution < -0.4 is 5.73 Å². The molecule has 0 unspecified atom stereocenters. The van der Waals surface area contributed by atoms with Crippen LogP contribution in [0.1, 0.15) is 45.1 Å². The number of anilines is 1. The van der Waals surface area contributed by atoms with Gasteiger partial charge < -0.3 is 5.73 Å². The first-order chi connectivity index (χ1) is 9.71. The summed E-state index contributed by atoms with van der Waals surface area (Å²) in [6, 6.07) is 7.29. The molecule has 0 amide bonds. The summed E-state index contributed by atoms with van der Waals surface area (Å²) < 4.78 is 26.7. The molecule has 2 N–H and O–H groups in total. The van der Waals surface area contributed by atoms with E-state index in [9.17, 15) is 8.42 Å². The Balaban J connectivity index is 2.08. The highest BCUT2D eigenvalue weighted by Crippen LogP contribution is 2.37. The Labute approximate surface area is 128 Å². The molecule has 0 radical (unpaired) electrons. The Bertz CT molecular complexity index is 586. The van der Waals surface area contributed by atoms with Gasteiger partial charge in [-0.1, -0.05) is 32.0 Å².